The molecule has 1 amide bonds. The van der Waals surface area contributed by atoms with Crippen LogP contribution >= 0.6 is 11.8 Å². The molecule has 1 aromatic carbocycles. The highest BCUT2D eigenvalue weighted by Crippen LogP contribution is 2.20. The average molecular weight is 302 g/mol. The molecule has 0 bridgehead atoms. The first-order valence-electron chi connectivity index (χ1n) is 7.02. The third-order valence-corrected chi connectivity index (χ3v) is 4.52. The van der Waals surface area contributed by atoms with Gasteiger partial charge in [-0.1, -0.05) is 12.1 Å². The predicted molar refractivity (Wildman–Crippen MR) is 86.4 cm³/mol. The van der Waals surface area contributed by atoms with Gasteiger partial charge in [0.1, 0.15) is 0 Å². The van der Waals surface area contributed by atoms with E-state index in [2.05, 4.69) is 20.8 Å². The monoisotopic (exact) mass is 302 g/mol. The van der Waals surface area contributed by atoms with E-state index in [0.29, 0.717) is 6.42 Å². The molecule has 0 radical (unpaired) electrons. The fourth-order valence-corrected chi connectivity index (χ4v) is 3.32. The number of carbonyl (C=O) groups is 1. The van der Waals surface area contributed by atoms with E-state index < -0.39 is 0 Å². The van der Waals surface area contributed by atoms with E-state index in [0.717, 1.165) is 35.0 Å². The maximum Gasteiger partial charge on any atom is 0.225 e. The minimum absolute atomic E-state index is 0.0526. The normalized spacial score (nSPS) is 18.4. The molecule has 1 fully saturated rings. The van der Waals surface area contributed by atoms with Crippen molar-refractivity contribution < 1.29 is 4.79 Å². The lowest BCUT2D eigenvalue weighted by atomic mass is 10.1. The van der Waals surface area contributed by atoms with Crippen molar-refractivity contribution in [3.8, 4) is 11.3 Å². The van der Waals surface area contributed by atoms with E-state index >= 15 is 0 Å². The molecule has 1 atom stereocenters. The van der Waals surface area contributed by atoms with Gasteiger partial charge in [0, 0.05) is 48.0 Å². The van der Waals surface area contributed by atoms with Gasteiger partial charge in [-0.25, -0.2) is 0 Å². The molecule has 110 valence electrons. The number of anilines is 1. The lowest BCUT2D eigenvalue weighted by molar-refractivity contribution is -0.116. The van der Waals surface area contributed by atoms with Crippen LogP contribution in [-0.2, 0) is 4.79 Å². The summed E-state index contributed by atoms with van der Waals surface area (Å²) in [5.41, 5.74) is 2.77. The van der Waals surface area contributed by atoms with Crippen LogP contribution in [0.25, 0.3) is 11.3 Å². The van der Waals surface area contributed by atoms with Gasteiger partial charge in [0.15, 0.2) is 0 Å². The second kappa shape index (κ2) is 6.78. The molecule has 0 spiro atoms. The van der Waals surface area contributed by atoms with E-state index in [1.54, 1.807) is 6.20 Å². The first kappa shape index (κ1) is 14.2. The Morgan fingerprint density at radius 3 is 3.14 bits per heavy atom. The molecule has 6 heteroatoms. The standard InChI is InChI=1S/C15H18N4OS/c20-15(9-13-10-21-7-6-16-13)18-12-3-1-2-11(8-12)14-4-5-17-19-14/h1-5,8,13,16H,6-7,9-10H2,(H,17,19)(H,18,20). The van der Waals surface area contributed by atoms with Crippen LogP contribution in [0.3, 0.4) is 0 Å². The Kier molecular flexibility index (Phi) is 4.57. The Hall–Kier alpha value is -1.79. The number of rotatable bonds is 4. The highest BCUT2D eigenvalue weighted by molar-refractivity contribution is 7.99. The lowest BCUT2D eigenvalue weighted by Crippen LogP contribution is -2.39. The first-order chi connectivity index (χ1) is 10.3. The molecule has 2 heterocycles. The Morgan fingerprint density at radius 2 is 2.38 bits per heavy atom. The van der Waals surface area contributed by atoms with Crippen LogP contribution in [-0.4, -0.2) is 40.2 Å². The summed E-state index contributed by atoms with van der Waals surface area (Å²) in [5, 5.41) is 13.2. The number of hydrogen-bond acceptors (Lipinski definition) is 4. The van der Waals surface area contributed by atoms with Crippen molar-refractivity contribution in [2.45, 2.75) is 12.5 Å². The summed E-state index contributed by atoms with van der Waals surface area (Å²) in [6.07, 6.45) is 2.23. The number of benzene rings is 1. The van der Waals surface area contributed by atoms with E-state index in [9.17, 15) is 4.79 Å². The number of thioether (sulfide) groups is 1. The fourth-order valence-electron chi connectivity index (χ4n) is 2.37. The average Bonchev–Trinajstić information content (AvgIpc) is 3.02. The van der Waals surface area contributed by atoms with Crippen molar-refractivity contribution in [2.24, 2.45) is 0 Å². The Bertz CT molecular complexity index is 593. The minimum Gasteiger partial charge on any atom is -0.326 e. The van der Waals surface area contributed by atoms with Gasteiger partial charge in [-0.2, -0.15) is 16.9 Å². The smallest absolute Gasteiger partial charge is 0.225 e. The number of aromatic nitrogens is 2. The van der Waals surface area contributed by atoms with Gasteiger partial charge in [0.25, 0.3) is 0 Å². The summed E-state index contributed by atoms with van der Waals surface area (Å²) < 4.78 is 0. The van der Waals surface area contributed by atoms with Crippen molar-refractivity contribution in [1.82, 2.24) is 15.5 Å². The summed E-state index contributed by atoms with van der Waals surface area (Å²) in [7, 11) is 0. The first-order valence-corrected chi connectivity index (χ1v) is 8.17. The highest BCUT2D eigenvalue weighted by Gasteiger charge is 2.16. The quantitative estimate of drug-likeness (QED) is 0.809. The highest BCUT2D eigenvalue weighted by atomic mass is 32.2. The van der Waals surface area contributed by atoms with E-state index in [4.69, 9.17) is 0 Å². The predicted octanol–water partition coefficient (Wildman–Crippen LogP) is 2.11. The molecule has 5 nitrogen and oxygen atoms in total. The van der Waals surface area contributed by atoms with Crippen LogP contribution in [0.5, 0.6) is 0 Å². The third-order valence-electron chi connectivity index (χ3n) is 3.39. The number of aromatic amines is 1. The van der Waals surface area contributed by atoms with Crippen LogP contribution in [0, 0.1) is 0 Å². The van der Waals surface area contributed by atoms with Crippen LogP contribution in [0.2, 0.25) is 0 Å². The minimum atomic E-state index is 0.0526. The Labute approximate surface area is 127 Å². The maximum absolute atomic E-state index is 12.1. The summed E-state index contributed by atoms with van der Waals surface area (Å²) in [6, 6.07) is 9.96. The van der Waals surface area contributed by atoms with Gasteiger partial charge in [0.05, 0.1) is 5.69 Å². The largest absolute Gasteiger partial charge is 0.326 e. The van der Waals surface area contributed by atoms with E-state index in [1.165, 1.54) is 0 Å². The summed E-state index contributed by atoms with van der Waals surface area (Å²) in [5.74, 6) is 2.18. The van der Waals surface area contributed by atoms with E-state index in [-0.39, 0.29) is 11.9 Å². The zero-order valence-electron chi connectivity index (χ0n) is 11.6. The molecule has 0 saturated carbocycles. The summed E-state index contributed by atoms with van der Waals surface area (Å²) >= 11 is 1.90. The SMILES string of the molecule is O=C(CC1CSCCN1)Nc1cccc(-c2ccn[nH]2)c1. The molecule has 1 aliphatic rings. The molecule has 1 aliphatic heterocycles. The van der Waals surface area contributed by atoms with Crippen LogP contribution < -0.4 is 10.6 Å². The number of nitrogens with one attached hydrogen (secondary N) is 3. The van der Waals surface area contributed by atoms with Crippen molar-refractivity contribution in [2.75, 3.05) is 23.4 Å². The molecule has 3 rings (SSSR count). The van der Waals surface area contributed by atoms with Gasteiger partial charge in [-0.05, 0) is 18.2 Å². The number of nitrogens with zero attached hydrogens (tertiary/aromatic N) is 1. The van der Waals surface area contributed by atoms with Crippen LogP contribution in [0.4, 0.5) is 5.69 Å². The van der Waals surface area contributed by atoms with Crippen LogP contribution in [0.15, 0.2) is 36.5 Å². The molecule has 1 saturated heterocycles. The second-order valence-corrected chi connectivity index (χ2v) is 6.18. The Morgan fingerprint density at radius 1 is 1.43 bits per heavy atom. The van der Waals surface area contributed by atoms with Crippen LogP contribution in [0.1, 0.15) is 6.42 Å². The maximum atomic E-state index is 12.1. The lowest BCUT2D eigenvalue weighted by Gasteiger charge is -2.22. The van der Waals surface area contributed by atoms with E-state index in [1.807, 2.05) is 42.1 Å². The molecular formula is C15H18N4OS. The van der Waals surface area contributed by atoms with Gasteiger partial charge >= 0.3 is 0 Å². The fraction of sp³-hybridized carbons (Fsp3) is 0.333. The molecule has 2 aromatic rings. The number of H-pyrrole nitrogens is 1. The zero-order valence-corrected chi connectivity index (χ0v) is 12.5. The molecule has 0 aliphatic carbocycles. The van der Waals surface area contributed by atoms with Crippen molar-refractivity contribution in [3.63, 3.8) is 0 Å². The van der Waals surface area contributed by atoms with Crippen molar-refractivity contribution in [1.29, 1.82) is 0 Å². The van der Waals surface area contributed by atoms with Crippen molar-refractivity contribution in [3.05, 3.63) is 36.5 Å². The number of amides is 1. The topological polar surface area (TPSA) is 69.8 Å². The van der Waals surface area contributed by atoms with Crippen molar-refractivity contribution >= 4 is 23.4 Å². The molecule has 3 N–H and O–H groups in total. The molecular weight excluding hydrogens is 284 g/mol. The third kappa shape index (κ3) is 3.86. The molecule has 1 aromatic heterocycles. The molecule has 21 heavy (non-hydrogen) atoms. The summed E-state index contributed by atoms with van der Waals surface area (Å²) in [6.45, 7) is 0.984. The molecule has 1 unspecified atom stereocenters. The van der Waals surface area contributed by atoms with Gasteiger partial charge in [-0.15, -0.1) is 0 Å². The summed E-state index contributed by atoms with van der Waals surface area (Å²) in [4.78, 5) is 12.1. The number of hydrogen-bond donors (Lipinski definition) is 3. The van der Waals surface area contributed by atoms with Gasteiger partial charge in [0.2, 0.25) is 5.91 Å². The zero-order chi connectivity index (χ0) is 14.5. The second-order valence-electron chi connectivity index (χ2n) is 5.03. The van der Waals surface area contributed by atoms with Gasteiger partial charge in [-0.3, -0.25) is 9.89 Å². The number of carbonyl (C=O) groups excluding carboxylic acids is 1. The Balaban J connectivity index is 1.62. The van der Waals surface area contributed by atoms with Gasteiger partial charge < -0.3 is 10.6 Å².